The SMILES string of the molecule is CCOc1ccc(N2CCN(C(=O)c3ccc(Br)cc3)C(C)C2=O)cc1. The summed E-state index contributed by atoms with van der Waals surface area (Å²) in [4.78, 5) is 28.9. The number of hydrogen-bond donors (Lipinski definition) is 0. The van der Waals surface area contributed by atoms with Crippen molar-refractivity contribution < 1.29 is 14.3 Å². The van der Waals surface area contributed by atoms with E-state index in [2.05, 4.69) is 15.9 Å². The van der Waals surface area contributed by atoms with E-state index in [1.54, 1.807) is 28.9 Å². The van der Waals surface area contributed by atoms with Crippen molar-refractivity contribution in [2.75, 3.05) is 24.6 Å². The second-order valence-electron chi connectivity index (χ2n) is 6.10. The van der Waals surface area contributed by atoms with Gasteiger partial charge < -0.3 is 14.5 Å². The first-order valence-electron chi connectivity index (χ1n) is 8.62. The zero-order valence-electron chi connectivity index (χ0n) is 14.8. The van der Waals surface area contributed by atoms with Gasteiger partial charge in [0.15, 0.2) is 0 Å². The molecule has 0 bridgehead atoms. The summed E-state index contributed by atoms with van der Waals surface area (Å²) in [5.41, 5.74) is 1.41. The molecular weight excluding hydrogens is 396 g/mol. The van der Waals surface area contributed by atoms with Gasteiger partial charge >= 0.3 is 0 Å². The molecule has 0 spiro atoms. The third kappa shape index (κ3) is 3.75. The lowest BCUT2D eigenvalue weighted by molar-refractivity contribution is -0.124. The number of ether oxygens (including phenoxy) is 1. The van der Waals surface area contributed by atoms with Crippen molar-refractivity contribution in [1.29, 1.82) is 0 Å². The Morgan fingerprint density at radius 2 is 1.77 bits per heavy atom. The van der Waals surface area contributed by atoms with Crippen LogP contribution in [0.2, 0.25) is 0 Å². The minimum absolute atomic E-state index is 0.0779. The van der Waals surface area contributed by atoms with Gasteiger partial charge in [0.25, 0.3) is 5.91 Å². The van der Waals surface area contributed by atoms with Crippen LogP contribution in [0.3, 0.4) is 0 Å². The highest BCUT2D eigenvalue weighted by molar-refractivity contribution is 9.10. The van der Waals surface area contributed by atoms with E-state index in [0.29, 0.717) is 25.3 Å². The normalized spacial score (nSPS) is 17.3. The first-order valence-corrected chi connectivity index (χ1v) is 9.41. The van der Waals surface area contributed by atoms with E-state index in [1.807, 2.05) is 43.3 Å². The number of halogens is 1. The summed E-state index contributed by atoms with van der Waals surface area (Å²) < 4.78 is 6.36. The standard InChI is InChI=1S/C20H21BrN2O3/c1-3-26-18-10-8-17(9-11-18)23-13-12-22(14(2)19(23)24)20(25)15-4-6-16(21)7-5-15/h4-11,14H,3,12-13H2,1-2H3. The maximum absolute atomic E-state index is 12.8. The van der Waals surface area contributed by atoms with Crippen LogP contribution in [0.25, 0.3) is 0 Å². The fourth-order valence-electron chi connectivity index (χ4n) is 3.05. The Hall–Kier alpha value is -2.34. The Balaban J connectivity index is 1.73. The summed E-state index contributed by atoms with van der Waals surface area (Å²) in [7, 11) is 0. The van der Waals surface area contributed by atoms with E-state index in [-0.39, 0.29) is 11.8 Å². The molecule has 1 unspecified atom stereocenters. The molecule has 1 heterocycles. The Kier molecular flexibility index (Phi) is 5.61. The van der Waals surface area contributed by atoms with E-state index in [0.717, 1.165) is 15.9 Å². The molecule has 1 aliphatic heterocycles. The van der Waals surface area contributed by atoms with Gasteiger partial charge in [-0.3, -0.25) is 9.59 Å². The molecule has 0 saturated carbocycles. The van der Waals surface area contributed by atoms with Crippen molar-refractivity contribution in [3.63, 3.8) is 0 Å². The largest absolute Gasteiger partial charge is 0.494 e. The highest BCUT2D eigenvalue weighted by Gasteiger charge is 2.35. The summed E-state index contributed by atoms with van der Waals surface area (Å²) in [6, 6.07) is 14.2. The molecule has 136 valence electrons. The number of rotatable bonds is 4. The summed E-state index contributed by atoms with van der Waals surface area (Å²) in [5.74, 6) is 0.580. The molecule has 0 N–H and O–H groups in total. The van der Waals surface area contributed by atoms with Crippen molar-refractivity contribution >= 4 is 33.4 Å². The Bertz CT molecular complexity index is 790. The van der Waals surface area contributed by atoms with Gasteiger partial charge in [0.2, 0.25) is 5.91 Å². The third-order valence-electron chi connectivity index (χ3n) is 4.47. The topological polar surface area (TPSA) is 49.9 Å². The number of amides is 2. The van der Waals surface area contributed by atoms with Gasteiger partial charge in [-0.25, -0.2) is 0 Å². The molecule has 3 rings (SSSR count). The maximum Gasteiger partial charge on any atom is 0.254 e. The van der Waals surface area contributed by atoms with Gasteiger partial charge in [-0.2, -0.15) is 0 Å². The molecule has 26 heavy (non-hydrogen) atoms. The zero-order chi connectivity index (χ0) is 18.7. The van der Waals surface area contributed by atoms with Crippen LogP contribution in [0.5, 0.6) is 5.75 Å². The lowest BCUT2D eigenvalue weighted by atomic mass is 10.1. The van der Waals surface area contributed by atoms with Crippen molar-refractivity contribution in [2.45, 2.75) is 19.9 Å². The molecule has 1 atom stereocenters. The molecule has 1 fully saturated rings. The minimum Gasteiger partial charge on any atom is -0.494 e. The van der Waals surface area contributed by atoms with Crippen LogP contribution in [0.15, 0.2) is 53.0 Å². The van der Waals surface area contributed by atoms with Crippen molar-refractivity contribution in [2.24, 2.45) is 0 Å². The fourth-order valence-corrected chi connectivity index (χ4v) is 3.32. The van der Waals surface area contributed by atoms with Gasteiger partial charge in [-0.1, -0.05) is 15.9 Å². The average Bonchev–Trinajstić information content (AvgIpc) is 2.65. The highest BCUT2D eigenvalue weighted by atomic mass is 79.9. The smallest absolute Gasteiger partial charge is 0.254 e. The fraction of sp³-hybridized carbons (Fsp3) is 0.300. The monoisotopic (exact) mass is 416 g/mol. The molecule has 5 nitrogen and oxygen atoms in total. The molecule has 6 heteroatoms. The van der Waals surface area contributed by atoms with Crippen molar-refractivity contribution in [1.82, 2.24) is 4.90 Å². The number of carbonyl (C=O) groups excluding carboxylic acids is 2. The average molecular weight is 417 g/mol. The number of piperazine rings is 1. The lowest BCUT2D eigenvalue weighted by Crippen LogP contribution is -2.57. The molecule has 1 saturated heterocycles. The quantitative estimate of drug-likeness (QED) is 0.762. The summed E-state index contributed by atoms with van der Waals surface area (Å²) in [5, 5.41) is 0. The van der Waals surface area contributed by atoms with E-state index < -0.39 is 6.04 Å². The van der Waals surface area contributed by atoms with Crippen LogP contribution in [-0.4, -0.2) is 42.5 Å². The van der Waals surface area contributed by atoms with Gasteiger partial charge in [-0.05, 0) is 62.4 Å². The van der Waals surface area contributed by atoms with E-state index in [9.17, 15) is 9.59 Å². The molecule has 0 aliphatic carbocycles. The Morgan fingerprint density at radius 3 is 2.38 bits per heavy atom. The van der Waals surface area contributed by atoms with Crippen LogP contribution in [0.4, 0.5) is 5.69 Å². The van der Waals surface area contributed by atoms with Gasteiger partial charge in [-0.15, -0.1) is 0 Å². The van der Waals surface area contributed by atoms with Crippen molar-refractivity contribution in [3.8, 4) is 5.75 Å². The summed E-state index contributed by atoms with van der Waals surface area (Å²) in [6.45, 7) is 5.28. The summed E-state index contributed by atoms with van der Waals surface area (Å²) in [6.07, 6.45) is 0. The number of hydrogen-bond acceptors (Lipinski definition) is 3. The second-order valence-corrected chi connectivity index (χ2v) is 7.01. The maximum atomic E-state index is 12.8. The van der Waals surface area contributed by atoms with E-state index in [4.69, 9.17) is 4.74 Å². The number of carbonyl (C=O) groups is 2. The number of nitrogens with zero attached hydrogens (tertiary/aromatic N) is 2. The molecule has 0 aromatic heterocycles. The molecular formula is C20H21BrN2O3. The minimum atomic E-state index is -0.508. The lowest BCUT2D eigenvalue weighted by Gasteiger charge is -2.39. The Morgan fingerprint density at radius 1 is 1.12 bits per heavy atom. The van der Waals surface area contributed by atoms with Crippen LogP contribution in [-0.2, 0) is 4.79 Å². The van der Waals surface area contributed by atoms with Gasteiger partial charge in [0.1, 0.15) is 11.8 Å². The predicted octanol–water partition coefficient (Wildman–Crippen LogP) is 3.73. The third-order valence-corrected chi connectivity index (χ3v) is 5.00. The first kappa shape index (κ1) is 18.5. The molecule has 0 radical (unpaired) electrons. The van der Waals surface area contributed by atoms with Gasteiger partial charge in [0.05, 0.1) is 6.61 Å². The Labute approximate surface area is 161 Å². The van der Waals surface area contributed by atoms with Crippen LogP contribution < -0.4 is 9.64 Å². The van der Waals surface area contributed by atoms with Crippen LogP contribution in [0, 0.1) is 0 Å². The highest BCUT2D eigenvalue weighted by Crippen LogP contribution is 2.24. The van der Waals surface area contributed by atoms with Crippen LogP contribution >= 0.6 is 15.9 Å². The zero-order valence-corrected chi connectivity index (χ0v) is 16.4. The number of anilines is 1. The van der Waals surface area contributed by atoms with Crippen LogP contribution in [0.1, 0.15) is 24.2 Å². The molecule has 2 aromatic rings. The first-order chi connectivity index (χ1) is 12.5. The van der Waals surface area contributed by atoms with Crippen molar-refractivity contribution in [3.05, 3.63) is 58.6 Å². The second kappa shape index (κ2) is 7.91. The summed E-state index contributed by atoms with van der Waals surface area (Å²) >= 11 is 3.37. The van der Waals surface area contributed by atoms with Gasteiger partial charge in [0, 0.05) is 28.8 Å². The molecule has 2 aromatic carbocycles. The predicted molar refractivity (Wildman–Crippen MR) is 105 cm³/mol. The molecule has 1 aliphatic rings. The van der Waals surface area contributed by atoms with E-state index in [1.165, 1.54) is 0 Å². The number of benzene rings is 2. The molecule has 2 amide bonds. The van der Waals surface area contributed by atoms with E-state index >= 15 is 0 Å².